The van der Waals surface area contributed by atoms with Crippen LogP contribution in [0.1, 0.15) is 17.5 Å². The van der Waals surface area contributed by atoms with Gasteiger partial charge in [-0.15, -0.1) is 0 Å². The van der Waals surface area contributed by atoms with Crippen LogP contribution in [0.5, 0.6) is 0 Å². The molecule has 7 heteroatoms. The highest BCUT2D eigenvalue weighted by Crippen LogP contribution is 2.00. The molecule has 7 nitrogen and oxygen atoms in total. The molecule has 106 valence electrons. The number of aliphatic hydroxyl groups excluding tert-OH is 1. The van der Waals surface area contributed by atoms with Gasteiger partial charge in [-0.05, 0) is 19.1 Å². The minimum absolute atomic E-state index is 0.0631. The van der Waals surface area contributed by atoms with Gasteiger partial charge in [0.05, 0.1) is 19.0 Å². The van der Waals surface area contributed by atoms with Crippen molar-refractivity contribution in [3.8, 4) is 0 Å². The fourth-order valence-electron chi connectivity index (χ4n) is 1.36. The summed E-state index contributed by atoms with van der Waals surface area (Å²) >= 11 is 0. The Labute approximate surface area is 110 Å². The number of rotatable bonds is 7. The second-order valence-electron chi connectivity index (χ2n) is 4.03. The minimum atomic E-state index is -0.776. The Morgan fingerprint density at radius 3 is 2.84 bits per heavy atom. The molecule has 1 aromatic heterocycles. The second-order valence-corrected chi connectivity index (χ2v) is 4.03. The second kappa shape index (κ2) is 7.55. The van der Waals surface area contributed by atoms with Gasteiger partial charge in [-0.2, -0.15) is 0 Å². The molecular weight excluding hydrogens is 252 g/mol. The van der Waals surface area contributed by atoms with Crippen molar-refractivity contribution in [2.45, 2.75) is 19.1 Å². The van der Waals surface area contributed by atoms with Crippen molar-refractivity contribution in [3.05, 3.63) is 24.2 Å². The summed E-state index contributed by atoms with van der Waals surface area (Å²) in [6, 6.07) is 2.36. The molecule has 0 aliphatic carbocycles. The number of methoxy groups -OCH3 is 1. The molecule has 0 aromatic carbocycles. The summed E-state index contributed by atoms with van der Waals surface area (Å²) in [5.74, 6) is -0.723. The molecule has 0 bridgehead atoms. The monoisotopic (exact) mass is 270 g/mol. The molecule has 2 amide bonds. The summed E-state index contributed by atoms with van der Waals surface area (Å²) in [6.07, 6.45) is 0.600. The first kappa shape index (κ1) is 15.2. The maximum absolute atomic E-state index is 11.6. The molecule has 0 radical (unpaired) electrons. The summed E-state index contributed by atoms with van der Waals surface area (Å²) < 4.78 is 9.63. The van der Waals surface area contributed by atoms with Crippen LogP contribution in [0.2, 0.25) is 0 Å². The first-order valence-electron chi connectivity index (χ1n) is 5.83. The first-order valence-corrected chi connectivity index (χ1v) is 5.83. The lowest BCUT2D eigenvalue weighted by Crippen LogP contribution is -2.47. The van der Waals surface area contributed by atoms with E-state index in [4.69, 9.17) is 9.15 Å². The number of amides is 2. The highest BCUT2D eigenvalue weighted by atomic mass is 16.5. The van der Waals surface area contributed by atoms with Crippen LogP contribution in [0.15, 0.2) is 22.8 Å². The zero-order valence-corrected chi connectivity index (χ0v) is 10.9. The molecular formula is C12H18N2O5. The molecule has 0 aliphatic heterocycles. The molecule has 1 aromatic rings. The third kappa shape index (κ3) is 5.11. The number of aliphatic hydroxyl groups is 1. The number of ether oxygens (including phenoxy) is 1. The zero-order chi connectivity index (χ0) is 14.3. The Kier molecular flexibility index (Phi) is 6.04. The summed E-state index contributed by atoms with van der Waals surface area (Å²) in [4.78, 5) is 23.3. The van der Waals surface area contributed by atoms with Crippen LogP contribution in [-0.2, 0) is 9.53 Å². The van der Waals surface area contributed by atoms with Crippen LogP contribution in [0.3, 0.4) is 0 Å². The van der Waals surface area contributed by atoms with Crippen molar-refractivity contribution >= 4 is 11.8 Å². The number of nitrogens with one attached hydrogen (secondary N) is 2. The lowest BCUT2D eigenvalue weighted by atomic mass is 10.2. The van der Waals surface area contributed by atoms with Gasteiger partial charge >= 0.3 is 0 Å². The Morgan fingerprint density at radius 1 is 1.53 bits per heavy atom. The molecule has 19 heavy (non-hydrogen) atoms. The van der Waals surface area contributed by atoms with E-state index < -0.39 is 24.0 Å². The highest BCUT2D eigenvalue weighted by molar-refractivity contribution is 5.95. The van der Waals surface area contributed by atoms with E-state index in [1.807, 2.05) is 0 Å². The summed E-state index contributed by atoms with van der Waals surface area (Å²) in [5.41, 5.74) is 0. The maximum Gasteiger partial charge on any atom is 0.287 e. The van der Waals surface area contributed by atoms with Crippen LogP contribution in [-0.4, -0.2) is 49.3 Å². The number of carbonyl (C=O) groups is 2. The third-order valence-electron chi connectivity index (χ3n) is 2.36. The smallest absolute Gasteiger partial charge is 0.287 e. The van der Waals surface area contributed by atoms with Crippen LogP contribution in [0.25, 0.3) is 0 Å². The van der Waals surface area contributed by atoms with Crippen molar-refractivity contribution < 1.29 is 23.8 Å². The Hall–Kier alpha value is -1.86. The third-order valence-corrected chi connectivity index (χ3v) is 2.36. The first-order chi connectivity index (χ1) is 9.04. The average Bonchev–Trinajstić information content (AvgIpc) is 2.90. The standard InChI is InChI=1S/C12H18N2O5/c1-8(11(16)13-6-9(15)7-18-2)14-12(17)10-4-3-5-19-10/h3-5,8-9,15H,6-7H2,1-2H3,(H,13,16)(H,14,17). The number of furan rings is 1. The molecule has 0 spiro atoms. The number of hydrogen-bond acceptors (Lipinski definition) is 5. The lowest BCUT2D eigenvalue weighted by Gasteiger charge is -2.15. The zero-order valence-electron chi connectivity index (χ0n) is 10.9. The quantitative estimate of drug-likeness (QED) is 0.621. The van der Waals surface area contributed by atoms with Crippen LogP contribution < -0.4 is 10.6 Å². The van der Waals surface area contributed by atoms with Gasteiger partial charge in [0.2, 0.25) is 5.91 Å². The van der Waals surface area contributed by atoms with E-state index in [2.05, 4.69) is 10.6 Å². The number of hydrogen-bond donors (Lipinski definition) is 3. The van der Waals surface area contributed by atoms with Crippen LogP contribution >= 0.6 is 0 Å². The molecule has 3 N–H and O–H groups in total. The average molecular weight is 270 g/mol. The fraction of sp³-hybridized carbons (Fsp3) is 0.500. The Bertz CT molecular complexity index is 404. The number of carbonyl (C=O) groups excluding carboxylic acids is 2. The van der Waals surface area contributed by atoms with Gasteiger partial charge in [-0.3, -0.25) is 9.59 Å². The van der Waals surface area contributed by atoms with Gasteiger partial charge in [-0.1, -0.05) is 0 Å². The largest absolute Gasteiger partial charge is 0.459 e. The summed E-state index contributed by atoms with van der Waals surface area (Å²) in [5, 5.41) is 14.4. The van der Waals surface area contributed by atoms with E-state index in [9.17, 15) is 14.7 Å². The molecule has 2 atom stereocenters. The molecule has 1 heterocycles. The molecule has 0 saturated heterocycles. The lowest BCUT2D eigenvalue weighted by molar-refractivity contribution is -0.123. The predicted octanol–water partition coefficient (Wildman–Crippen LogP) is -0.479. The van der Waals surface area contributed by atoms with Gasteiger partial charge in [0.1, 0.15) is 6.04 Å². The molecule has 0 aliphatic rings. The van der Waals surface area contributed by atoms with Crippen molar-refractivity contribution in [2.24, 2.45) is 0 Å². The van der Waals surface area contributed by atoms with Gasteiger partial charge in [0.15, 0.2) is 5.76 Å². The van der Waals surface area contributed by atoms with Crippen molar-refractivity contribution in [1.82, 2.24) is 10.6 Å². The van der Waals surface area contributed by atoms with E-state index >= 15 is 0 Å². The predicted molar refractivity (Wildman–Crippen MR) is 66.5 cm³/mol. The van der Waals surface area contributed by atoms with Gasteiger partial charge < -0.3 is 24.9 Å². The van der Waals surface area contributed by atoms with Crippen LogP contribution in [0, 0.1) is 0 Å². The Morgan fingerprint density at radius 2 is 2.26 bits per heavy atom. The Balaban J connectivity index is 2.34. The van der Waals surface area contributed by atoms with Crippen molar-refractivity contribution in [3.63, 3.8) is 0 Å². The van der Waals surface area contributed by atoms with Gasteiger partial charge in [-0.25, -0.2) is 0 Å². The van der Waals surface area contributed by atoms with Crippen molar-refractivity contribution in [2.75, 3.05) is 20.3 Å². The normalized spacial score (nSPS) is 13.6. The molecule has 2 unspecified atom stereocenters. The highest BCUT2D eigenvalue weighted by Gasteiger charge is 2.18. The SMILES string of the molecule is COCC(O)CNC(=O)C(C)NC(=O)c1ccco1. The van der Waals surface area contributed by atoms with Gasteiger partial charge in [0, 0.05) is 13.7 Å². The van der Waals surface area contributed by atoms with Crippen LogP contribution in [0.4, 0.5) is 0 Å². The van der Waals surface area contributed by atoms with Crippen molar-refractivity contribution in [1.29, 1.82) is 0 Å². The summed E-state index contributed by atoms with van der Waals surface area (Å²) in [7, 11) is 1.46. The molecule has 0 fully saturated rings. The van der Waals surface area contributed by atoms with E-state index in [-0.39, 0.29) is 18.9 Å². The molecule has 1 rings (SSSR count). The minimum Gasteiger partial charge on any atom is -0.459 e. The summed E-state index contributed by atoms with van der Waals surface area (Å²) in [6.45, 7) is 1.74. The van der Waals surface area contributed by atoms with E-state index in [0.29, 0.717) is 0 Å². The van der Waals surface area contributed by atoms with E-state index in [1.165, 1.54) is 19.4 Å². The maximum atomic E-state index is 11.6. The van der Waals surface area contributed by atoms with E-state index in [1.54, 1.807) is 13.0 Å². The fourth-order valence-corrected chi connectivity index (χ4v) is 1.36. The molecule has 0 saturated carbocycles. The van der Waals surface area contributed by atoms with Gasteiger partial charge in [0.25, 0.3) is 5.91 Å². The topological polar surface area (TPSA) is 101 Å². The van der Waals surface area contributed by atoms with E-state index in [0.717, 1.165) is 0 Å².